The number of amides is 2. The smallest absolute Gasteiger partial charge is 0.257 e. The molecule has 2 aromatic heterocycles. The number of likely N-dealkylation sites (N-methyl/N-ethyl adjacent to an activating group) is 1. The molecule has 8 heteroatoms. The summed E-state index contributed by atoms with van der Waals surface area (Å²) in [6.07, 6.45) is 7.60. The fourth-order valence-electron chi connectivity index (χ4n) is 4.33. The molecule has 0 radical (unpaired) electrons. The molecule has 0 unspecified atom stereocenters. The first-order chi connectivity index (χ1) is 16.2. The second-order valence-electron chi connectivity index (χ2n) is 8.98. The topological polar surface area (TPSA) is 81.3 Å². The van der Waals surface area contributed by atoms with Crippen LogP contribution in [0.1, 0.15) is 61.2 Å². The number of hydrogen-bond acceptors (Lipinski definition) is 4. The van der Waals surface area contributed by atoms with E-state index in [1.807, 2.05) is 30.9 Å². The molecule has 1 fully saturated rings. The van der Waals surface area contributed by atoms with E-state index in [4.69, 9.17) is 0 Å². The van der Waals surface area contributed by atoms with Crippen LogP contribution in [0.4, 0.5) is 5.82 Å². The number of nitrogens with one attached hydrogen (secondary N) is 2. The second-order valence-corrected chi connectivity index (χ2v) is 9.89. The molecule has 1 saturated heterocycles. The van der Waals surface area contributed by atoms with Crippen LogP contribution in [-0.4, -0.2) is 64.3 Å². The molecule has 0 atom stereocenters. The van der Waals surface area contributed by atoms with Gasteiger partial charge in [0.25, 0.3) is 5.91 Å². The molecule has 2 aromatic rings. The van der Waals surface area contributed by atoms with E-state index in [2.05, 4.69) is 50.0 Å². The van der Waals surface area contributed by atoms with Gasteiger partial charge in [-0.05, 0) is 92.8 Å². The lowest BCUT2D eigenvalue weighted by Crippen LogP contribution is -2.39. The summed E-state index contributed by atoms with van der Waals surface area (Å²) in [5.41, 5.74) is 5.95. The van der Waals surface area contributed by atoms with Crippen LogP contribution in [0.3, 0.4) is 0 Å². The minimum Gasteiger partial charge on any atom is -0.359 e. The monoisotopic (exact) mass is 529 g/mol. The summed E-state index contributed by atoms with van der Waals surface area (Å²) in [6, 6.07) is 1.91. The van der Waals surface area contributed by atoms with Crippen LogP contribution >= 0.6 is 15.9 Å². The Balaban J connectivity index is 0.000000204. The van der Waals surface area contributed by atoms with Crippen molar-refractivity contribution < 1.29 is 9.59 Å². The van der Waals surface area contributed by atoms with E-state index in [1.54, 1.807) is 13.1 Å². The number of hydrogen-bond donors (Lipinski definition) is 2. The van der Waals surface area contributed by atoms with Gasteiger partial charge in [-0.15, -0.1) is 0 Å². The van der Waals surface area contributed by atoms with Gasteiger partial charge in [0.05, 0.1) is 5.57 Å². The number of aromatic amines is 1. The molecule has 184 valence electrons. The normalized spacial score (nSPS) is 16.6. The van der Waals surface area contributed by atoms with Gasteiger partial charge in [-0.3, -0.25) is 9.59 Å². The first-order valence-electron chi connectivity index (χ1n) is 12.0. The van der Waals surface area contributed by atoms with Gasteiger partial charge >= 0.3 is 0 Å². The first kappa shape index (κ1) is 26.2. The Morgan fingerprint density at radius 3 is 2.50 bits per heavy atom. The molecule has 2 aliphatic rings. The molecule has 0 saturated carbocycles. The average molecular weight is 531 g/mol. The third-order valence-electron chi connectivity index (χ3n) is 6.72. The summed E-state index contributed by atoms with van der Waals surface area (Å²) < 4.78 is 0.856. The number of nitrogens with zero attached hydrogens (tertiary/aromatic N) is 3. The number of aryl methyl sites for hydroxylation is 1. The zero-order chi connectivity index (χ0) is 24.8. The number of likely N-dealkylation sites (tertiary alicyclic amines) is 1. The maximum Gasteiger partial charge on any atom is 0.257 e. The van der Waals surface area contributed by atoms with Crippen molar-refractivity contribution in [1.82, 2.24) is 19.8 Å². The molecular weight excluding hydrogens is 494 g/mol. The van der Waals surface area contributed by atoms with Crippen molar-refractivity contribution in [2.24, 2.45) is 0 Å². The number of halogens is 1. The second kappa shape index (κ2) is 11.8. The maximum absolute atomic E-state index is 12.1. The number of carbonyl (C=O) groups is 2. The predicted molar refractivity (Wildman–Crippen MR) is 142 cm³/mol. The molecule has 7 nitrogen and oxygen atoms in total. The number of pyridine rings is 1. The summed E-state index contributed by atoms with van der Waals surface area (Å²) >= 11 is 3.39. The van der Waals surface area contributed by atoms with Crippen LogP contribution in [-0.2, 0) is 9.59 Å². The van der Waals surface area contributed by atoms with Gasteiger partial charge in [-0.25, -0.2) is 4.98 Å². The van der Waals surface area contributed by atoms with Crippen LogP contribution in [0.2, 0.25) is 0 Å². The fraction of sp³-hybridized carbons (Fsp3) is 0.500. The fourth-order valence-corrected chi connectivity index (χ4v) is 4.66. The number of aromatic nitrogens is 2. The highest BCUT2D eigenvalue weighted by Crippen LogP contribution is 2.33. The molecule has 4 heterocycles. The minimum atomic E-state index is -0.116. The first-order valence-corrected chi connectivity index (χ1v) is 12.8. The number of piperidine rings is 1. The molecule has 0 aromatic carbocycles. The summed E-state index contributed by atoms with van der Waals surface area (Å²) in [5.74, 6) is 0.696. The van der Waals surface area contributed by atoms with Gasteiger partial charge in [0.15, 0.2) is 0 Å². The van der Waals surface area contributed by atoms with Crippen LogP contribution in [0.15, 0.2) is 16.7 Å². The Morgan fingerprint density at radius 2 is 1.91 bits per heavy atom. The van der Waals surface area contributed by atoms with E-state index >= 15 is 0 Å². The summed E-state index contributed by atoms with van der Waals surface area (Å²) in [7, 11) is 0. The van der Waals surface area contributed by atoms with Crippen molar-refractivity contribution in [3.63, 3.8) is 0 Å². The summed E-state index contributed by atoms with van der Waals surface area (Å²) in [4.78, 5) is 35.2. The largest absolute Gasteiger partial charge is 0.359 e. The number of fused-ring (bicyclic) bond motifs is 1. The zero-order valence-electron chi connectivity index (χ0n) is 20.9. The van der Waals surface area contributed by atoms with Gasteiger partial charge in [0.1, 0.15) is 5.82 Å². The SMILES string of the molecule is CCN(CCN1CCCCC1)C(C)=O.Cc1[nH]c(/C=C2\C(=O)Nc3ncc(Br)cc32)c(C)c1C. The molecule has 0 bridgehead atoms. The van der Waals surface area contributed by atoms with E-state index in [1.165, 1.54) is 43.5 Å². The van der Waals surface area contributed by atoms with Crippen LogP contribution < -0.4 is 5.32 Å². The highest BCUT2D eigenvalue weighted by molar-refractivity contribution is 9.10. The zero-order valence-corrected chi connectivity index (χ0v) is 22.5. The lowest BCUT2D eigenvalue weighted by Gasteiger charge is -2.29. The number of rotatable bonds is 5. The Hall–Kier alpha value is -2.45. The van der Waals surface area contributed by atoms with Crippen molar-refractivity contribution in [2.45, 2.75) is 53.9 Å². The molecule has 2 aliphatic heterocycles. The number of carbonyl (C=O) groups excluding carboxylic acids is 2. The molecular formula is C26H36BrN5O2. The van der Waals surface area contributed by atoms with Gasteiger partial charge in [0.2, 0.25) is 5.91 Å². The van der Waals surface area contributed by atoms with E-state index in [9.17, 15) is 9.59 Å². The van der Waals surface area contributed by atoms with Gasteiger partial charge < -0.3 is 20.1 Å². The third-order valence-corrected chi connectivity index (χ3v) is 7.16. The molecule has 2 N–H and O–H groups in total. The van der Waals surface area contributed by atoms with Crippen molar-refractivity contribution in [3.05, 3.63) is 44.8 Å². The van der Waals surface area contributed by atoms with Gasteiger partial charge in [-0.1, -0.05) is 6.42 Å². The number of anilines is 1. The Kier molecular flexibility index (Phi) is 9.08. The standard InChI is InChI=1S/C15H14BrN3O.C11H22N2O/c1-7-8(2)13(18-9(7)3)5-12-11-4-10(16)6-17-14(11)19-15(12)20;1-3-13(11(2)14)10-9-12-7-5-4-6-8-12/h4-6,18H,1-3H3,(H,17,19,20);3-10H2,1-2H3/b12-5-;. The van der Waals surface area contributed by atoms with Crippen molar-refractivity contribution in [2.75, 3.05) is 38.0 Å². The van der Waals surface area contributed by atoms with Gasteiger partial charge in [0, 0.05) is 54.2 Å². The third kappa shape index (κ3) is 6.36. The van der Waals surface area contributed by atoms with Crippen LogP contribution in [0, 0.1) is 20.8 Å². The molecule has 34 heavy (non-hydrogen) atoms. The lowest BCUT2D eigenvalue weighted by atomic mass is 10.1. The van der Waals surface area contributed by atoms with E-state index in [0.717, 1.165) is 41.1 Å². The highest BCUT2D eigenvalue weighted by Gasteiger charge is 2.26. The molecule has 4 rings (SSSR count). The number of H-pyrrole nitrogens is 1. The summed E-state index contributed by atoms with van der Waals surface area (Å²) in [5, 5.41) is 2.78. The predicted octanol–water partition coefficient (Wildman–Crippen LogP) is 4.93. The Morgan fingerprint density at radius 1 is 1.21 bits per heavy atom. The van der Waals surface area contributed by atoms with Gasteiger partial charge in [-0.2, -0.15) is 0 Å². The lowest BCUT2D eigenvalue weighted by molar-refractivity contribution is -0.128. The van der Waals surface area contributed by atoms with Crippen molar-refractivity contribution in [3.8, 4) is 0 Å². The molecule has 0 spiro atoms. The molecule has 2 amide bonds. The Labute approximate surface area is 211 Å². The van der Waals surface area contributed by atoms with Crippen LogP contribution in [0.5, 0.6) is 0 Å². The minimum absolute atomic E-state index is 0.116. The summed E-state index contributed by atoms with van der Waals surface area (Å²) in [6.45, 7) is 15.1. The Bertz CT molecular complexity index is 1070. The quantitative estimate of drug-likeness (QED) is 0.538. The van der Waals surface area contributed by atoms with Crippen molar-refractivity contribution in [1.29, 1.82) is 0 Å². The highest BCUT2D eigenvalue weighted by atomic mass is 79.9. The van der Waals surface area contributed by atoms with E-state index in [0.29, 0.717) is 11.4 Å². The van der Waals surface area contributed by atoms with Crippen molar-refractivity contribution >= 4 is 45.2 Å². The van der Waals surface area contributed by atoms with Crippen LogP contribution in [0.25, 0.3) is 11.6 Å². The maximum atomic E-state index is 12.1. The average Bonchev–Trinajstić information content (AvgIpc) is 3.25. The molecule has 0 aliphatic carbocycles. The van der Waals surface area contributed by atoms with E-state index < -0.39 is 0 Å². The van der Waals surface area contributed by atoms with E-state index in [-0.39, 0.29) is 11.8 Å².